The number of hydrogen-bond acceptors (Lipinski definition) is 5. The van der Waals surface area contributed by atoms with E-state index in [-0.39, 0.29) is 11.3 Å². The van der Waals surface area contributed by atoms with Crippen molar-refractivity contribution in [2.45, 2.75) is 46.3 Å². The summed E-state index contributed by atoms with van der Waals surface area (Å²) in [4.78, 5) is 20.9. The minimum Gasteiger partial charge on any atom is -0.377 e. The molecule has 1 aliphatic heterocycles. The lowest BCUT2D eigenvalue weighted by atomic mass is 9.96. The van der Waals surface area contributed by atoms with Crippen molar-refractivity contribution in [3.8, 4) is 0 Å². The highest BCUT2D eigenvalue weighted by atomic mass is 32.1. The SMILES string of the molecule is CN(CC(C)(C)C)C(=O)c1cn2c(nc3ccc(CNC[C@@H]4CCCO4)cc32)s1. The molecule has 7 heteroatoms. The molecule has 1 saturated heterocycles. The van der Waals surface area contributed by atoms with E-state index in [4.69, 9.17) is 9.72 Å². The second-order valence-electron chi connectivity index (χ2n) is 9.17. The highest BCUT2D eigenvalue weighted by Crippen LogP contribution is 2.26. The Kier molecular flexibility index (Phi) is 5.64. The third-order valence-electron chi connectivity index (χ3n) is 5.16. The van der Waals surface area contributed by atoms with Crippen molar-refractivity contribution in [1.29, 1.82) is 0 Å². The average molecular weight is 415 g/mol. The van der Waals surface area contributed by atoms with Gasteiger partial charge in [-0.2, -0.15) is 0 Å². The summed E-state index contributed by atoms with van der Waals surface area (Å²) in [5.41, 5.74) is 3.28. The Morgan fingerprint density at radius 3 is 2.97 bits per heavy atom. The van der Waals surface area contributed by atoms with E-state index < -0.39 is 0 Å². The summed E-state index contributed by atoms with van der Waals surface area (Å²) in [5.74, 6) is 0.0537. The zero-order valence-corrected chi connectivity index (χ0v) is 18.5. The Balaban J connectivity index is 1.51. The number of aromatic nitrogens is 2. The van der Waals surface area contributed by atoms with Gasteiger partial charge in [0.1, 0.15) is 4.88 Å². The second-order valence-corrected chi connectivity index (χ2v) is 10.2. The van der Waals surface area contributed by atoms with Gasteiger partial charge in [0, 0.05) is 39.5 Å². The summed E-state index contributed by atoms with van der Waals surface area (Å²) in [6.45, 7) is 9.70. The van der Waals surface area contributed by atoms with Crippen molar-refractivity contribution in [2.24, 2.45) is 5.41 Å². The normalized spacial score (nSPS) is 17.4. The fourth-order valence-corrected chi connectivity index (χ4v) is 4.91. The number of thiazole rings is 1. The van der Waals surface area contributed by atoms with Gasteiger partial charge < -0.3 is 15.0 Å². The van der Waals surface area contributed by atoms with Crippen LogP contribution in [0.3, 0.4) is 0 Å². The number of carbonyl (C=O) groups excluding carboxylic acids is 1. The van der Waals surface area contributed by atoms with Crippen LogP contribution >= 0.6 is 11.3 Å². The van der Waals surface area contributed by atoms with Gasteiger partial charge in [-0.15, -0.1) is 0 Å². The molecule has 0 unspecified atom stereocenters. The maximum absolute atomic E-state index is 12.8. The number of fused-ring (bicyclic) bond motifs is 3. The van der Waals surface area contributed by atoms with Gasteiger partial charge in [0.25, 0.3) is 5.91 Å². The predicted octanol–water partition coefficient (Wildman–Crippen LogP) is 3.94. The number of carbonyl (C=O) groups is 1. The van der Waals surface area contributed by atoms with E-state index in [9.17, 15) is 4.79 Å². The molecule has 2 aromatic heterocycles. The third-order valence-corrected chi connectivity index (χ3v) is 6.13. The molecule has 1 aromatic carbocycles. The molecule has 29 heavy (non-hydrogen) atoms. The van der Waals surface area contributed by atoms with E-state index in [1.807, 2.05) is 17.6 Å². The Bertz CT molecular complexity index is 1010. The number of nitrogens with zero attached hydrogens (tertiary/aromatic N) is 3. The standard InChI is InChI=1S/C22H30N4O2S/c1-22(2,3)14-25(4)20(27)19-13-26-18-10-15(7-8-17(18)24-21(26)29-19)11-23-12-16-6-5-9-28-16/h7-8,10,13,16,23H,5-6,9,11-12,14H2,1-4H3/t16-/m0/s1. The third kappa shape index (κ3) is 4.63. The zero-order chi connectivity index (χ0) is 20.6. The molecule has 0 saturated carbocycles. The van der Waals surface area contributed by atoms with Crippen molar-refractivity contribution in [3.63, 3.8) is 0 Å². The summed E-state index contributed by atoms with van der Waals surface area (Å²) < 4.78 is 7.71. The van der Waals surface area contributed by atoms with Crippen LogP contribution in [0, 0.1) is 5.41 Å². The van der Waals surface area contributed by atoms with Crippen molar-refractivity contribution < 1.29 is 9.53 Å². The number of rotatable bonds is 6. The number of benzene rings is 1. The molecule has 0 radical (unpaired) electrons. The first-order valence-corrected chi connectivity index (χ1v) is 11.1. The van der Waals surface area contributed by atoms with Gasteiger partial charge in [-0.3, -0.25) is 9.20 Å². The fourth-order valence-electron chi connectivity index (χ4n) is 3.92. The van der Waals surface area contributed by atoms with Gasteiger partial charge >= 0.3 is 0 Å². The topological polar surface area (TPSA) is 58.9 Å². The highest BCUT2D eigenvalue weighted by Gasteiger charge is 2.22. The highest BCUT2D eigenvalue weighted by molar-refractivity contribution is 7.18. The first kappa shape index (κ1) is 20.3. The van der Waals surface area contributed by atoms with E-state index in [2.05, 4.69) is 44.3 Å². The lowest BCUT2D eigenvalue weighted by Crippen LogP contribution is -2.34. The van der Waals surface area contributed by atoms with Gasteiger partial charge in [-0.05, 0) is 36.0 Å². The van der Waals surface area contributed by atoms with Crippen LogP contribution in [0.4, 0.5) is 0 Å². The van der Waals surface area contributed by atoms with Crippen molar-refractivity contribution in [1.82, 2.24) is 19.6 Å². The number of ether oxygens (including phenoxy) is 1. The van der Waals surface area contributed by atoms with Crippen LogP contribution in [0.25, 0.3) is 16.0 Å². The van der Waals surface area contributed by atoms with E-state index in [0.29, 0.717) is 12.6 Å². The van der Waals surface area contributed by atoms with Gasteiger partial charge in [-0.1, -0.05) is 38.2 Å². The maximum Gasteiger partial charge on any atom is 0.265 e. The van der Waals surface area contributed by atoms with Crippen molar-refractivity contribution in [2.75, 3.05) is 26.7 Å². The van der Waals surface area contributed by atoms with E-state index in [1.165, 1.54) is 16.9 Å². The lowest BCUT2D eigenvalue weighted by molar-refractivity contribution is 0.0750. The summed E-state index contributed by atoms with van der Waals surface area (Å²) in [5, 5.41) is 3.50. The van der Waals surface area contributed by atoms with Crippen molar-refractivity contribution in [3.05, 3.63) is 34.8 Å². The van der Waals surface area contributed by atoms with Gasteiger partial charge in [0.05, 0.1) is 17.1 Å². The molecule has 0 spiro atoms. The second kappa shape index (κ2) is 8.05. The van der Waals surface area contributed by atoms with Crippen LogP contribution in [0.5, 0.6) is 0 Å². The number of imidazole rings is 1. The van der Waals surface area contributed by atoms with E-state index in [1.54, 1.807) is 4.90 Å². The van der Waals surface area contributed by atoms with Crippen LogP contribution in [0.1, 0.15) is 48.8 Å². The largest absolute Gasteiger partial charge is 0.377 e. The van der Waals surface area contributed by atoms with Crippen LogP contribution < -0.4 is 5.32 Å². The summed E-state index contributed by atoms with van der Waals surface area (Å²) in [6.07, 6.45) is 4.58. The van der Waals surface area contributed by atoms with Crippen LogP contribution in [-0.4, -0.2) is 53.0 Å². The zero-order valence-electron chi connectivity index (χ0n) is 17.7. The minimum absolute atomic E-state index is 0.0537. The van der Waals surface area contributed by atoms with Crippen LogP contribution in [0.15, 0.2) is 24.4 Å². The monoisotopic (exact) mass is 414 g/mol. The molecule has 4 rings (SSSR count). The quantitative estimate of drug-likeness (QED) is 0.664. The molecular weight excluding hydrogens is 384 g/mol. The molecule has 156 valence electrons. The predicted molar refractivity (Wildman–Crippen MR) is 118 cm³/mol. The molecule has 1 atom stereocenters. The molecule has 1 N–H and O–H groups in total. The Labute approximate surface area is 175 Å². The molecule has 3 aromatic rings. The van der Waals surface area contributed by atoms with Gasteiger partial charge in [-0.25, -0.2) is 4.98 Å². The van der Waals surface area contributed by atoms with Gasteiger partial charge in [0.15, 0.2) is 4.96 Å². The van der Waals surface area contributed by atoms with Crippen LogP contribution in [0.2, 0.25) is 0 Å². The van der Waals surface area contributed by atoms with Crippen LogP contribution in [-0.2, 0) is 11.3 Å². The smallest absolute Gasteiger partial charge is 0.265 e. The first-order valence-electron chi connectivity index (χ1n) is 10.3. The molecule has 0 aliphatic carbocycles. The number of amides is 1. The Morgan fingerprint density at radius 2 is 2.24 bits per heavy atom. The van der Waals surface area contributed by atoms with Crippen molar-refractivity contribution >= 4 is 33.2 Å². The molecule has 0 bridgehead atoms. The number of hydrogen-bond donors (Lipinski definition) is 1. The Hall–Kier alpha value is -1.96. The lowest BCUT2D eigenvalue weighted by Gasteiger charge is -2.26. The first-order chi connectivity index (χ1) is 13.8. The van der Waals surface area contributed by atoms with E-state index >= 15 is 0 Å². The Morgan fingerprint density at radius 1 is 1.41 bits per heavy atom. The molecule has 1 amide bonds. The molecule has 1 aliphatic rings. The summed E-state index contributed by atoms with van der Waals surface area (Å²) >= 11 is 1.45. The van der Waals surface area contributed by atoms with E-state index in [0.717, 1.165) is 53.4 Å². The molecule has 1 fully saturated rings. The summed E-state index contributed by atoms with van der Waals surface area (Å²) in [6, 6.07) is 6.34. The molecule has 3 heterocycles. The number of nitrogens with one attached hydrogen (secondary N) is 1. The summed E-state index contributed by atoms with van der Waals surface area (Å²) in [7, 11) is 1.87. The minimum atomic E-state index is 0.0537. The molecular formula is C22H30N4O2S. The average Bonchev–Trinajstić information content (AvgIpc) is 3.35. The fraction of sp³-hybridized carbons (Fsp3) is 0.545. The molecule has 6 nitrogen and oxygen atoms in total. The van der Waals surface area contributed by atoms with Gasteiger partial charge in [0.2, 0.25) is 0 Å². The maximum atomic E-state index is 12.8.